The Morgan fingerprint density at radius 3 is 3.04 bits per heavy atom. The second kappa shape index (κ2) is 8.98. The summed E-state index contributed by atoms with van der Waals surface area (Å²) in [5.74, 6) is -0.0916. The van der Waals surface area contributed by atoms with E-state index in [1.165, 1.54) is 7.11 Å². The van der Waals surface area contributed by atoms with Crippen molar-refractivity contribution >= 4 is 23.2 Å². The summed E-state index contributed by atoms with van der Waals surface area (Å²) in [5, 5.41) is 6.15. The first kappa shape index (κ1) is 17.9. The lowest BCUT2D eigenvalue weighted by Crippen LogP contribution is -2.46. The summed E-state index contributed by atoms with van der Waals surface area (Å²) < 4.78 is 4.88. The van der Waals surface area contributed by atoms with E-state index in [9.17, 15) is 9.59 Å². The zero-order valence-corrected chi connectivity index (χ0v) is 14.7. The van der Waals surface area contributed by atoms with Crippen molar-refractivity contribution in [1.82, 2.24) is 15.2 Å². The Bertz CT molecular complexity index is 532. The minimum absolute atomic E-state index is 0.0378. The van der Waals surface area contributed by atoms with Crippen LogP contribution < -0.4 is 5.32 Å². The normalized spacial score (nSPS) is 18.0. The number of ether oxygens (including phenoxy) is 1. The fraction of sp³-hybridized carbons (Fsp3) is 0.688. The molecule has 7 heteroatoms. The highest BCUT2D eigenvalue weighted by atomic mass is 32.1. The molecule has 1 atom stereocenters. The molecular formula is C16H25N3O3S. The van der Waals surface area contributed by atoms with Gasteiger partial charge in [0.1, 0.15) is 6.61 Å². The molecule has 1 aromatic heterocycles. The quantitative estimate of drug-likeness (QED) is 0.762. The van der Waals surface area contributed by atoms with Gasteiger partial charge < -0.3 is 15.0 Å². The molecule has 23 heavy (non-hydrogen) atoms. The highest BCUT2D eigenvalue weighted by Crippen LogP contribution is 2.17. The summed E-state index contributed by atoms with van der Waals surface area (Å²) in [7, 11) is 1.51. The van der Waals surface area contributed by atoms with E-state index in [0.29, 0.717) is 13.1 Å². The van der Waals surface area contributed by atoms with Crippen LogP contribution in [0.15, 0.2) is 5.38 Å². The number of rotatable bonds is 7. The van der Waals surface area contributed by atoms with Gasteiger partial charge in [-0.05, 0) is 26.2 Å². The van der Waals surface area contributed by atoms with Crippen LogP contribution in [-0.2, 0) is 20.7 Å². The molecular weight excluding hydrogens is 314 g/mol. The molecule has 1 fully saturated rings. The summed E-state index contributed by atoms with van der Waals surface area (Å²) in [6.07, 6.45) is 3.49. The maximum Gasteiger partial charge on any atom is 0.248 e. The van der Waals surface area contributed by atoms with E-state index < -0.39 is 0 Å². The van der Waals surface area contributed by atoms with Crippen LogP contribution >= 0.6 is 11.3 Å². The Balaban J connectivity index is 1.69. The summed E-state index contributed by atoms with van der Waals surface area (Å²) in [5.41, 5.74) is 1.05. The molecule has 0 aliphatic carbocycles. The molecule has 1 aliphatic heterocycles. The van der Waals surface area contributed by atoms with Crippen molar-refractivity contribution in [2.24, 2.45) is 5.92 Å². The third-order valence-corrected chi connectivity index (χ3v) is 4.97. The Labute approximate surface area is 141 Å². The van der Waals surface area contributed by atoms with Crippen molar-refractivity contribution in [2.75, 3.05) is 33.4 Å². The number of piperidine rings is 1. The number of nitrogens with zero attached hydrogens (tertiary/aromatic N) is 2. The molecule has 2 heterocycles. The van der Waals surface area contributed by atoms with Crippen molar-refractivity contribution < 1.29 is 14.3 Å². The van der Waals surface area contributed by atoms with Crippen LogP contribution in [0.1, 0.15) is 30.0 Å². The van der Waals surface area contributed by atoms with Crippen LogP contribution in [0.2, 0.25) is 0 Å². The van der Waals surface area contributed by atoms with Crippen LogP contribution in [0.5, 0.6) is 0 Å². The molecule has 128 valence electrons. The highest BCUT2D eigenvalue weighted by Gasteiger charge is 2.27. The van der Waals surface area contributed by atoms with E-state index in [1.807, 2.05) is 12.3 Å². The molecule has 6 nitrogen and oxygen atoms in total. The zero-order chi connectivity index (χ0) is 16.7. The number of thiazole rings is 1. The van der Waals surface area contributed by atoms with Crippen molar-refractivity contribution in [3.63, 3.8) is 0 Å². The first-order valence-electron chi connectivity index (χ1n) is 8.05. The van der Waals surface area contributed by atoms with Gasteiger partial charge in [-0.15, -0.1) is 11.3 Å². The van der Waals surface area contributed by atoms with Crippen LogP contribution in [0.4, 0.5) is 0 Å². The molecule has 0 saturated carbocycles. The average molecular weight is 339 g/mol. The fourth-order valence-corrected chi connectivity index (χ4v) is 3.56. The number of nitrogens with one attached hydrogen (secondary N) is 1. The van der Waals surface area contributed by atoms with Crippen molar-refractivity contribution in [3.8, 4) is 0 Å². The van der Waals surface area contributed by atoms with Gasteiger partial charge in [0.15, 0.2) is 0 Å². The first-order chi connectivity index (χ1) is 11.1. The second-order valence-corrected chi connectivity index (χ2v) is 6.83. The molecule has 1 N–H and O–H groups in total. The predicted molar refractivity (Wildman–Crippen MR) is 89.4 cm³/mol. The van der Waals surface area contributed by atoms with E-state index in [0.717, 1.165) is 42.9 Å². The van der Waals surface area contributed by atoms with E-state index in [2.05, 4.69) is 10.3 Å². The van der Waals surface area contributed by atoms with Gasteiger partial charge in [-0.3, -0.25) is 9.59 Å². The number of methoxy groups -OCH3 is 1. The van der Waals surface area contributed by atoms with Crippen molar-refractivity contribution in [3.05, 3.63) is 16.1 Å². The lowest BCUT2D eigenvalue weighted by Gasteiger charge is -2.31. The molecule has 2 rings (SSSR count). The maximum absolute atomic E-state index is 12.2. The predicted octanol–water partition coefficient (Wildman–Crippen LogP) is 1.39. The number of amides is 2. The summed E-state index contributed by atoms with van der Waals surface area (Å²) >= 11 is 1.66. The molecule has 2 amide bonds. The smallest absolute Gasteiger partial charge is 0.248 e. The monoisotopic (exact) mass is 339 g/mol. The van der Waals surface area contributed by atoms with Crippen molar-refractivity contribution in [1.29, 1.82) is 0 Å². The molecule has 1 aromatic rings. The number of carbonyl (C=O) groups excluding carboxylic acids is 2. The van der Waals surface area contributed by atoms with E-state index in [1.54, 1.807) is 16.2 Å². The number of likely N-dealkylation sites (tertiary alicyclic amines) is 1. The standard InChI is InChI=1S/C16H25N3O3S/c1-12-11-23-14(18-12)6-3-7-17-16(21)13-5-4-8-19(9-13)15(20)10-22-2/h11,13H,3-10H2,1-2H3,(H,17,21)/t13-/m1/s1. The second-order valence-electron chi connectivity index (χ2n) is 5.89. The molecule has 1 saturated heterocycles. The molecule has 0 unspecified atom stereocenters. The van der Waals surface area contributed by atoms with Gasteiger partial charge in [0, 0.05) is 44.2 Å². The topological polar surface area (TPSA) is 71.5 Å². The Kier molecular flexibility index (Phi) is 6.98. The molecule has 0 spiro atoms. The molecule has 0 aromatic carbocycles. The summed E-state index contributed by atoms with van der Waals surface area (Å²) in [6, 6.07) is 0. The average Bonchev–Trinajstić information content (AvgIpc) is 2.97. The minimum Gasteiger partial charge on any atom is -0.375 e. The number of aromatic nitrogens is 1. The Morgan fingerprint density at radius 1 is 1.52 bits per heavy atom. The Morgan fingerprint density at radius 2 is 2.35 bits per heavy atom. The molecule has 0 bridgehead atoms. The summed E-state index contributed by atoms with van der Waals surface area (Å²) in [4.78, 5) is 30.2. The summed E-state index contributed by atoms with van der Waals surface area (Å²) in [6.45, 7) is 3.94. The van der Waals surface area contributed by atoms with Gasteiger partial charge in [-0.25, -0.2) is 4.98 Å². The maximum atomic E-state index is 12.2. The third kappa shape index (κ3) is 5.58. The van der Waals surface area contributed by atoms with Gasteiger partial charge in [-0.2, -0.15) is 0 Å². The molecule has 1 aliphatic rings. The van der Waals surface area contributed by atoms with Gasteiger partial charge >= 0.3 is 0 Å². The van der Waals surface area contributed by atoms with E-state index >= 15 is 0 Å². The number of carbonyl (C=O) groups is 2. The zero-order valence-electron chi connectivity index (χ0n) is 13.8. The first-order valence-corrected chi connectivity index (χ1v) is 8.93. The number of hydrogen-bond acceptors (Lipinski definition) is 5. The highest BCUT2D eigenvalue weighted by molar-refractivity contribution is 7.09. The van der Waals surface area contributed by atoms with Crippen molar-refractivity contribution in [2.45, 2.75) is 32.6 Å². The Hall–Kier alpha value is -1.47. The number of aryl methyl sites for hydroxylation is 2. The van der Waals surface area contributed by atoms with Crippen LogP contribution in [0.25, 0.3) is 0 Å². The lowest BCUT2D eigenvalue weighted by atomic mass is 9.97. The van der Waals surface area contributed by atoms with Gasteiger partial charge in [-0.1, -0.05) is 0 Å². The van der Waals surface area contributed by atoms with Gasteiger partial charge in [0.25, 0.3) is 0 Å². The third-order valence-electron chi connectivity index (χ3n) is 3.95. The number of hydrogen-bond donors (Lipinski definition) is 1. The lowest BCUT2D eigenvalue weighted by molar-refractivity contribution is -0.138. The fourth-order valence-electron chi connectivity index (χ4n) is 2.75. The van der Waals surface area contributed by atoms with Gasteiger partial charge in [0.2, 0.25) is 11.8 Å². The van der Waals surface area contributed by atoms with Crippen LogP contribution in [-0.4, -0.2) is 55.0 Å². The molecule has 0 radical (unpaired) electrons. The minimum atomic E-state index is -0.105. The van der Waals surface area contributed by atoms with Gasteiger partial charge in [0.05, 0.1) is 10.9 Å². The van der Waals surface area contributed by atoms with Crippen LogP contribution in [0.3, 0.4) is 0 Å². The SMILES string of the molecule is COCC(=O)N1CCC[C@@H](C(=O)NCCCc2nc(C)cs2)C1. The van der Waals surface area contributed by atoms with Crippen LogP contribution in [0, 0.1) is 12.8 Å². The van der Waals surface area contributed by atoms with E-state index in [-0.39, 0.29) is 24.3 Å². The van der Waals surface area contributed by atoms with E-state index in [4.69, 9.17) is 4.74 Å². The largest absolute Gasteiger partial charge is 0.375 e.